The van der Waals surface area contributed by atoms with Crippen molar-refractivity contribution in [1.82, 2.24) is 9.80 Å². The SMILES string of the molecule is COc1coc(C(=O)N(C)C[C@@H]2Cc3ccccc3CN2C)cc1=O. The summed E-state index contributed by atoms with van der Waals surface area (Å²) in [6, 6.07) is 9.77. The van der Waals surface area contributed by atoms with Crippen molar-refractivity contribution >= 4 is 5.91 Å². The van der Waals surface area contributed by atoms with Gasteiger partial charge in [-0.1, -0.05) is 24.3 Å². The molecule has 1 atom stereocenters. The van der Waals surface area contributed by atoms with Crippen molar-refractivity contribution in [1.29, 1.82) is 0 Å². The average molecular weight is 342 g/mol. The van der Waals surface area contributed by atoms with Crippen LogP contribution in [0.25, 0.3) is 0 Å². The van der Waals surface area contributed by atoms with E-state index in [1.165, 1.54) is 30.6 Å². The highest BCUT2D eigenvalue weighted by Gasteiger charge is 2.26. The Balaban J connectivity index is 1.71. The molecule has 0 unspecified atom stereocenters. The minimum absolute atomic E-state index is 0.0205. The fourth-order valence-corrected chi connectivity index (χ4v) is 3.17. The standard InChI is InChI=1S/C19H22N2O4/c1-20-10-14-7-5-4-6-13(14)8-15(20)11-21(2)19(23)17-9-16(22)18(24-3)12-25-17/h4-7,9,12,15H,8,10-11H2,1-3H3/t15-/m0/s1. The maximum atomic E-state index is 12.6. The zero-order chi connectivity index (χ0) is 18.0. The molecule has 2 aromatic rings. The molecule has 1 aliphatic rings. The van der Waals surface area contributed by atoms with Crippen LogP contribution in [0.4, 0.5) is 0 Å². The molecular formula is C19H22N2O4. The number of hydrogen-bond donors (Lipinski definition) is 0. The molecule has 0 bridgehead atoms. The van der Waals surface area contributed by atoms with Gasteiger partial charge in [-0.2, -0.15) is 0 Å². The first-order valence-electron chi connectivity index (χ1n) is 8.19. The summed E-state index contributed by atoms with van der Waals surface area (Å²) in [5.74, 6) is -0.206. The summed E-state index contributed by atoms with van der Waals surface area (Å²) >= 11 is 0. The Bertz CT molecular complexity index is 830. The average Bonchev–Trinajstić information content (AvgIpc) is 2.61. The van der Waals surface area contributed by atoms with Gasteiger partial charge in [0.15, 0.2) is 5.76 Å². The first kappa shape index (κ1) is 17.2. The van der Waals surface area contributed by atoms with Crippen molar-refractivity contribution in [3.05, 3.63) is 63.7 Å². The Morgan fingerprint density at radius 3 is 2.76 bits per heavy atom. The summed E-state index contributed by atoms with van der Waals surface area (Å²) in [5, 5.41) is 0. The summed E-state index contributed by atoms with van der Waals surface area (Å²) in [6.45, 7) is 1.42. The predicted molar refractivity (Wildman–Crippen MR) is 93.9 cm³/mol. The minimum atomic E-state index is -0.366. The second-order valence-electron chi connectivity index (χ2n) is 6.40. The van der Waals surface area contributed by atoms with Crippen molar-refractivity contribution in [3.8, 4) is 5.75 Å². The van der Waals surface area contributed by atoms with E-state index >= 15 is 0 Å². The first-order chi connectivity index (χ1) is 12.0. The number of likely N-dealkylation sites (N-methyl/N-ethyl adjacent to an activating group) is 2. The van der Waals surface area contributed by atoms with Gasteiger partial charge >= 0.3 is 0 Å². The van der Waals surface area contributed by atoms with Crippen molar-refractivity contribution in [2.75, 3.05) is 27.7 Å². The highest BCUT2D eigenvalue weighted by atomic mass is 16.5. The van der Waals surface area contributed by atoms with Crippen LogP contribution in [0.15, 0.2) is 45.8 Å². The molecule has 1 aliphatic heterocycles. The van der Waals surface area contributed by atoms with Gasteiger partial charge in [-0.25, -0.2) is 0 Å². The normalized spacial score (nSPS) is 17.0. The van der Waals surface area contributed by atoms with Crippen LogP contribution >= 0.6 is 0 Å². The van der Waals surface area contributed by atoms with Crippen LogP contribution in [0.5, 0.6) is 5.75 Å². The lowest BCUT2D eigenvalue weighted by atomic mass is 9.94. The summed E-state index contributed by atoms with van der Waals surface area (Å²) in [7, 11) is 5.17. The number of ether oxygens (including phenoxy) is 1. The molecule has 132 valence electrons. The van der Waals surface area contributed by atoms with Gasteiger partial charge in [-0.15, -0.1) is 0 Å². The van der Waals surface area contributed by atoms with Gasteiger partial charge in [0, 0.05) is 32.2 Å². The van der Waals surface area contributed by atoms with Crippen LogP contribution in [0.2, 0.25) is 0 Å². The van der Waals surface area contributed by atoms with E-state index < -0.39 is 0 Å². The van der Waals surface area contributed by atoms with Gasteiger partial charge in [0.25, 0.3) is 5.91 Å². The molecule has 0 saturated carbocycles. The summed E-state index contributed by atoms with van der Waals surface area (Å²) < 4.78 is 10.1. The number of fused-ring (bicyclic) bond motifs is 1. The Kier molecular flexibility index (Phi) is 4.90. The fourth-order valence-electron chi connectivity index (χ4n) is 3.17. The monoisotopic (exact) mass is 342 g/mol. The molecule has 6 nitrogen and oxygen atoms in total. The van der Waals surface area contributed by atoms with E-state index in [0.29, 0.717) is 6.54 Å². The van der Waals surface area contributed by atoms with Crippen molar-refractivity contribution < 1.29 is 13.9 Å². The third-order valence-corrected chi connectivity index (χ3v) is 4.68. The third kappa shape index (κ3) is 3.58. The second kappa shape index (κ2) is 7.11. The lowest BCUT2D eigenvalue weighted by molar-refractivity contribution is 0.0699. The molecule has 1 aromatic carbocycles. The zero-order valence-electron chi connectivity index (χ0n) is 14.7. The highest BCUT2D eigenvalue weighted by Crippen LogP contribution is 2.22. The smallest absolute Gasteiger partial charge is 0.289 e. The number of nitrogens with zero attached hydrogens (tertiary/aromatic N) is 2. The number of hydrogen-bond acceptors (Lipinski definition) is 5. The Morgan fingerprint density at radius 1 is 1.36 bits per heavy atom. The quantitative estimate of drug-likeness (QED) is 0.847. The zero-order valence-corrected chi connectivity index (χ0v) is 14.7. The van der Waals surface area contributed by atoms with E-state index in [9.17, 15) is 9.59 Å². The molecule has 1 amide bonds. The Labute approximate surface area is 146 Å². The molecule has 3 rings (SSSR count). The van der Waals surface area contributed by atoms with Gasteiger partial charge in [0.2, 0.25) is 11.2 Å². The van der Waals surface area contributed by atoms with Crippen LogP contribution in [0.3, 0.4) is 0 Å². The third-order valence-electron chi connectivity index (χ3n) is 4.68. The van der Waals surface area contributed by atoms with E-state index in [1.54, 1.807) is 11.9 Å². The number of carbonyl (C=O) groups is 1. The van der Waals surface area contributed by atoms with Crippen LogP contribution in [0.1, 0.15) is 21.7 Å². The molecular weight excluding hydrogens is 320 g/mol. The van der Waals surface area contributed by atoms with Crippen LogP contribution in [0, 0.1) is 0 Å². The van der Waals surface area contributed by atoms with Gasteiger partial charge in [-0.3, -0.25) is 14.5 Å². The topological polar surface area (TPSA) is 63.0 Å². The number of amides is 1. The second-order valence-corrected chi connectivity index (χ2v) is 6.40. The number of benzene rings is 1. The number of methoxy groups -OCH3 is 1. The van der Waals surface area contributed by atoms with E-state index in [-0.39, 0.29) is 28.9 Å². The van der Waals surface area contributed by atoms with E-state index in [0.717, 1.165) is 13.0 Å². The van der Waals surface area contributed by atoms with Gasteiger partial charge < -0.3 is 14.1 Å². The summed E-state index contributed by atoms with van der Waals surface area (Å²) in [5.41, 5.74) is 2.29. The maximum absolute atomic E-state index is 12.6. The summed E-state index contributed by atoms with van der Waals surface area (Å²) in [4.78, 5) is 28.2. The molecule has 0 N–H and O–H groups in total. The Hall–Kier alpha value is -2.60. The molecule has 1 aromatic heterocycles. The molecule has 25 heavy (non-hydrogen) atoms. The minimum Gasteiger partial charge on any atom is -0.490 e. The van der Waals surface area contributed by atoms with E-state index in [4.69, 9.17) is 9.15 Å². The van der Waals surface area contributed by atoms with Crippen molar-refractivity contribution in [3.63, 3.8) is 0 Å². The summed E-state index contributed by atoms with van der Waals surface area (Å²) in [6.07, 6.45) is 2.06. The lowest BCUT2D eigenvalue weighted by Gasteiger charge is -2.36. The molecule has 0 aliphatic carbocycles. The molecule has 0 spiro atoms. The molecule has 0 fully saturated rings. The van der Waals surface area contributed by atoms with Gasteiger partial charge in [-0.05, 0) is 24.6 Å². The number of rotatable bonds is 4. The molecule has 0 radical (unpaired) electrons. The van der Waals surface area contributed by atoms with E-state index in [2.05, 4.69) is 24.1 Å². The van der Waals surface area contributed by atoms with Gasteiger partial charge in [0.1, 0.15) is 6.26 Å². The van der Waals surface area contributed by atoms with Crippen LogP contribution in [-0.2, 0) is 13.0 Å². The largest absolute Gasteiger partial charge is 0.490 e. The molecule has 6 heteroatoms. The van der Waals surface area contributed by atoms with Crippen LogP contribution in [-0.4, -0.2) is 49.5 Å². The van der Waals surface area contributed by atoms with Crippen molar-refractivity contribution in [2.45, 2.75) is 19.0 Å². The molecule has 2 heterocycles. The maximum Gasteiger partial charge on any atom is 0.289 e. The van der Waals surface area contributed by atoms with Gasteiger partial charge in [0.05, 0.1) is 7.11 Å². The highest BCUT2D eigenvalue weighted by molar-refractivity contribution is 5.91. The fraction of sp³-hybridized carbons (Fsp3) is 0.368. The molecule has 0 saturated heterocycles. The Morgan fingerprint density at radius 2 is 2.08 bits per heavy atom. The first-order valence-corrected chi connectivity index (χ1v) is 8.19. The predicted octanol–water partition coefficient (Wildman–Crippen LogP) is 1.78. The van der Waals surface area contributed by atoms with Crippen molar-refractivity contribution in [2.24, 2.45) is 0 Å². The number of carbonyl (C=O) groups excluding carboxylic acids is 1. The lowest BCUT2D eigenvalue weighted by Crippen LogP contribution is -2.46. The van der Waals surface area contributed by atoms with Crippen LogP contribution < -0.4 is 10.2 Å². The van der Waals surface area contributed by atoms with E-state index in [1.807, 2.05) is 12.1 Å².